The number of methoxy groups -OCH3 is 1. The number of halogens is 1. The van der Waals surface area contributed by atoms with Crippen LogP contribution in [0.5, 0.6) is 23.0 Å². The summed E-state index contributed by atoms with van der Waals surface area (Å²) in [6.45, 7) is 12.5. The van der Waals surface area contributed by atoms with E-state index < -0.39 is 88.8 Å². The third-order valence-corrected chi connectivity index (χ3v) is 10.8. The van der Waals surface area contributed by atoms with Gasteiger partial charge in [0.05, 0.1) is 41.2 Å². The van der Waals surface area contributed by atoms with Crippen LogP contribution in [0.25, 0.3) is 10.8 Å². The maximum absolute atomic E-state index is 14.2. The number of amides is 1. The number of phenols is 3. The summed E-state index contributed by atoms with van der Waals surface area (Å²) >= 11 is 5.76. The lowest BCUT2D eigenvalue weighted by Crippen LogP contribution is -2.46. The fourth-order valence-corrected chi connectivity index (χ4v) is 7.30. The highest BCUT2D eigenvalue weighted by molar-refractivity contribution is 6.22. The van der Waals surface area contributed by atoms with E-state index in [1.807, 2.05) is 0 Å². The third-order valence-electron chi connectivity index (χ3n) is 10.6. The van der Waals surface area contributed by atoms with E-state index in [2.05, 4.69) is 10.2 Å². The van der Waals surface area contributed by atoms with Gasteiger partial charge in [-0.15, -0.1) is 0 Å². The molecule has 0 spiro atoms. The van der Waals surface area contributed by atoms with Crippen molar-refractivity contribution in [3.63, 3.8) is 0 Å². The molecule has 3 heterocycles. The molecule has 2 aromatic rings. The normalized spacial score (nSPS) is 31.7. The topological polar surface area (TPSA) is 213 Å². The van der Waals surface area contributed by atoms with Crippen molar-refractivity contribution in [3.8, 4) is 23.0 Å². The highest BCUT2D eigenvalue weighted by Crippen LogP contribution is 2.55. The molecule has 0 fully saturated rings. The zero-order valence-electron chi connectivity index (χ0n) is 31.9. The molecule has 0 aromatic heterocycles. The number of allylic oxidation sites excluding steroid dienone is 2. The summed E-state index contributed by atoms with van der Waals surface area (Å²) in [5.41, 5.74) is -0.128. The Balaban J connectivity index is 1.95. The number of fused-ring (bicyclic) bond motifs is 14. The Bertz CT molecular complexity index is 1880. The number of aliphatic hydroxyl groups is 2. The van der Waals surface area contributed by atoms with Gasteiger partial charge in [0.2, 0.25) is 0 Å². The number of ether oxygens (including phenoxy) is 4. The van der Waals surface area contributed by atoms with E-state index >= 15 is 0 Å². The van der Waals surface area contributed by atoms with Gasteiger partial charge in [-0.25, -0.2) is 4.84 Å². The van der Waals surface area contributed by atoms with Crippen LogP contribution in [0.3, 0.4) is 0 Å². The Morgan fingerprint density at radius 2 is 1.65 bits per heavy atom. The number of phenolic OH excluding ortho intramolecular Hbond substituents is 3. The number of hydrogen-bond acceptors (Lipinski definition) is 13. The average molecular weight is 775 g/mol. The van der Waals surface area contributed by atoms with E-state index in [1.165, 1.54) is 53.2 Å². The minimum absolute atomic E-state index is 0.0183. The van der Waals surface area contributed by atoms with Gasteiger partial charge in [0.25, 0.3) is 11.7 Å². The highest BCUT2D eigenvalue weighted by atomic mass is 35.5. The number of Topliss-reactive ketones (excluding diaryl/α,β-unsaturated/α-hetero) is 1. The molecule has 0 saturated carbocycles. The predicted molar refractivity (Wildman–Crippen MR) is 201 cm³/mol. The molecule has 5 bridgehead atoms. The molecule has 54 heavy (non-hydrogen) atoms. The van der Waals surface area contributed by atoms with Crippen molar-refractivity contribution in [2.24, 2.45) is 23.7 Å². The number of hydrogen-bond donors (Lipinski definition) is 7. The molecule has 0 radical (unpaired) electrons. The van der Waals surface area contributed by atoms with E-state index in [0.717, 1.165) is 0 Å². The van der Waals surface area contributed by atoms with Gasteiger partial charge in [0, 0.05) is 73.3 Å². The van der Waals surface area contributed by atoms with Crippen LogP contribution in [0.2, 0.25) is 0 Å². The van der Waals surface area contributed by atoms with Gasteiger partial charge in [-0.3, -0.25) is 14.4 Å². The molecule has 15 heteroatoms. The van der Waals surface area contributed by atoms with Crippen LogP contribution in [-0.2, 0) is 30.2 Å². The molecule has 1 amide bonds. The lowest BCUT2D eigenvalue weighted by molar-refractivity contribution is -0.160. The minimum Gasteiger partial charge on any atom is -0.507 e. The van der Waals surface area contributed by atoms with E-state index in [4.69, 9.17) is 30.7 Å². The van der Waals surface area contributed by atoms with Gasteiger partial charge >= 0.3 is 11.8 Å². The van der Waals surface area contributed by atoms with Gasteiger partial charge in [-0.1, -0.05) is 45.9 Å². The Morgan fingerprint density at radius 3 is 2.26 bits per heavy atom. The Kier molecular flexibility index (Phi) is 13.3. The Morgan fingerprint density at radius 1 is 0.981 bits per heavy atom. The average Bonchev–Trinajstić information content (AvgIpc) is 3.39. The second-order valence-electron chi connectivity index (χ2n) is 14.3. The molecule has 296 valence electrons. The number of aliphatic hydroxyl groups excluding tert-OH is 2. The summed E-state index contributed by atoms with van der Waals surface area (Å²) in [4.78, 5) is 42.4. The van der Waals surface area contributed by atoms with Crippen LogP contribution in [-0.4, -0.2) is 87.0 Å². The molecule has 5 rings (SSSR count). The van der Waals surface area contributed by atoms with Crippen molar-refractivity contribution < 1.29 is 58.9 Å². The smallest absolute Gasteiger partial charge is 0.312 e. The summed E-state index contributed by atoms with van der Waals surface area (Å²) < 4.78 is 23.4. The van der Waals surface area contributed by atoms with Crippen LogP contribution < -0.4 is 14.9 Å². The molecular formula is C39H51ClN2O12. The summed E-state index contributed by atoms with van der Waals surface area (Å²) in [5.74, 6) is -8.21. The summed E-state index contributed by atoms with van der Waals surface area (Å²) in [7, 11) is 1.43. The zero-order chi connectivity index (χ0) is 40.4. The molecule has 3 aliphatic heterocycles. The van der Waals surface area contributed by atoms with Crippen molar-refractivity contribution >= 4 is 45.9 Å². The first kappa shape index (κ1) is 42.4. The number of esters is 1. The number of carbonyl (C=O) groups is 3. The molecule has 14 nitrogen and oxygen atoms in total. The quantitative estimate of drug-likeness (QED) is 0.0920. The lowest BCUT2D eigenvalue weighted by atomic mass is 9.78. The number of anilines is 1. The number of carbonyl (C=O) groups excluding carboxylic acids is 3. The second-order valence-corrected chi connectivity index (χ2v) is 14.6. The fraction of sp³-hybridized carbons (Fsp3) is 0.513. The molecule has 9 atom stereocenters. The molecule has 0 saturated heterocycles. The summed E-state index contributed by atoms with van der Waals surface area (Å²) in [6.07, 6.45) is 3.51. The largest absolute Gasteiger partial charge is 0.507 e. The number of benzene rings is 2. The molecular weight excluding hydrogens is 724 g/mol. The first-order chi connectivity index (χ1) is 25.3. The maximum Gasteiger partial charge on any atom is 0.312 e. The Labute approximate surface area is 319 Å². The molecule has 2 aromatic carbocycles. The summed E-state index contributed by atoms with van der Waals surface area (Å²) in [5, 5.41) is 59.7. The fourth-order valence-electron chi connectivity index (χ4n) is 7.20. The van der Waals surface area contributed by atoms with E-state index in [1.54, 1.807) is 39.8 Å². The van der Waals surface area contributed by atoms with Gasteiger partial charge in [-0.05, 0) is 38.1 Å². The first-order valence-electron chi connectivity index (χ1n) is 17.7. The van der Waals surface area contributed by atoms with E-state index in [-0.39, 0.29) is 57.4 Å². The van der Waals surface area contributed by atoms with Gasteiger partial charge < -0.3 is 49.8 Å². The number of aromatic hydroxyl groups is 3. The van der Waals surface area contributed by atoms with Gasteiger partial charge in [-0.2, -0.15) is 0 Å². The minimum atomic E-state index is -2.02. The molecule has 0 unspecified atom stereocenters. The van der Waals surface area contributed by atoms with Crippen molar-refractivity contribution in [1.29, 1.82) is 0 Å². The van der Waals surface area contributed by atoms with Crippen LogP contribution in [0.4, 0.5) is 5.69 Å². The molecule has 3 aliphatic rings. The molecule has 0 aliphatic carbocycles. The number of nitrogens with one attached hydrogen (secondary N) is 2. The Hall–Kier alpha value is -4.34. The first-order valence-corrected chi connectivity index (χ1v) is 18.1. The lowest BCUT2D eigenvalue weighted by Gasteiger charge is -2.38. The van der Waals surface area contributed by atoms with Gasteiger partial charge in [0.15, 0.2) is 5.75 Å². The summed E-state index contributed by atoms with van der Waals surface area (Å²) in [6, 6.07) is 0. The van der Waals surface area contributed by atoms with Crippen molar-refractivity contribution in [3.05, 3.63) is 52.8 Å². The monoisotopic (exact) mass is 774 g/mol. The van der Waals surface area contributed by atoms with E-state index in [0.29, 0.717) is 0 Å². The van der Waals surface area contributed by atoms with Crippen LogP contribution in [0.1, 0.15) is 70.0 Å². The number of rotatable bonds is 5. The van der Waals surface area contributed by atoms with Crippen LogP contribution in [0.15, 0.2) is 36.1 Å². The van der Waals surface area contributed by atoms with Crippen molar-refractivity contribution in [2.75, 3.05) is 19.0 Å². The number of ketones is 1. The SMILES string of the molecule is CO[C@H]1/C=C/O[C@@]2(C)Oc3c(C)c(O)c4c(O)c(c(CCNCl)c(O)c4c3C2=O)NC(=O)/C(C)=C\C=C\[C@H](C)[C@H](O)[C@@H](C)[C@@H](O)[C@@H](C)[C@H](OC(C)=O)[C@@H]1C. The van der Waals surface area contributed by atoms with Gasteiger partial charge in [0.1, 0.15) is 23.4 Å². The second kappa shape index (κ2) is 17.0. The van der Waals surface area contributed by atoms with Crippen molar-refractivity contribution in [2.45, 2.75) is 92.0 Å². The predicted octanol–water partition coefficient (Wildman–Crippen LogP) is 5.04. The van der Waals surface area contributed by atoms with E-state index in [9.17, 15) is 39.9 Å². The standard InChI is InChI=1S/C39H51ClN2O12/c1-17-11-10-12-18(2)38(50)42-29-24(13-15-41-40)33(47)26-27(34(29)48)32(46)22(6)36-28(26)37(49)39(8,54-36)52-16-14-25(51-9)19(3)35(53-23(7)43)21(5)31(45)20(4)30(17)44/h10-12,14,16-17,19-21,25,30-31,35,41,44-48H,13,15H2,1-9H3,(H,42,50)/b11-10+,16-14+,18-12-/t17-,19+,20+,21+,25-,30-,31+,35+,39-/m0/s1. The highest BCUT2D eigenvalue weighted by Gasteiger charge is 2.50. The van der Waals surface area contributed by atoms with Crippen LogP contribution in [0, 0.1) is 30.6 Å². The zero-order valence-corrected chi connectivity index (χ0v) is 32.6. The third kappa shape index (κ3) is 8.03. The van der Waals surface area contributed by atoms with Crippen LogP contribution >= 0.6 is 11.8 Å². The maximum atomic E-state index is 14.2. The molecule has 7 N–H and O–H groups in total. The van der Waals surface area contributed by atoms with Crippen molar-refractivity contribution in [1.82, 2.24) is 4.84 Å².